The maximum Gasteiger partial charge on any atom is 0.0617 e. The number of aliphatic hydroxyl groups excluding tert-OH is 1. The Balaban J connectivity index is 1.96. The molecule has 1 heteroatoms. The van der Waals surface area contributed by atoms with Gasteiger partial charge in [0.05, 0.1) is 6.10 Å². The molecular formula is C13H14O. The fraction of sp³-hybridized carbons (Fsp3) is 0.538. The Morgan fingerprint density at radius 1 is 1.00 bits per heavy atom. The van der Waals surface area contributed by atoms with Crippen molar-refractivity contribution in [2.75, 3.05) is 0 Å². The number of rotatable bonds is 0. The van der Waals surface area contributed by atoms with Crippen LogP contribution in [0, 0.1) is 11.8 Å². The van der Waals surface area contributed by atoms with Crippen molar-refractivity contribution in [3.63, 3.8) is 0 Å². The van der Waals surface area contributed by atoms with Crippen LogP contribution in [0.25, 0.3) is 0 Å². The predicted molar refractivity (Wildman–Crippen MR) is 54.1 cm³/mol. The molecule has 2 bridgehead atoms. The Kier molecular flexibility index (Phi) is 1.18. The van der Waals surface area contributed by atoms with Gasteiger partial charge in [0, 0.05) is 5.92 Å². The maximum absolute atomic E-state index is 10.0. The first-order valence-electron chi connectivity index (χ1n) is 5.63. The summed E-state index contributed by atoms with van der Waals surface area (Å²) in [5.41, 5.74) is 3.00. The second-order valence-corrected chi connectivity index (χ2v) is 5.13. The zero-order chi connectivity index (χ0) is 9.28. The molecule has 5 rings (SSSR count). The van der Waals surface area contributed by atoms with Gasteiger partial charge < -0.3 is 5.11 Å². The van der Waals surface area contributed by atoms with Gasteiger partial charge in [-0.05, 0) is 41.7 Å². The van der Waals surface area contributed by atoms with Crippen molar-refractivity contribution < 1.29 is 5.11 Å². The molecule has 2 fully saturated rings. The molecule has 0 unspecified atom stereocenters. The molecule has 0 aromatic heterocycles. The lowest BCUT2D eigenvalue weighted by molar-refractivity contribution is 0.0773. The number of aliphatic hydroxyl groups is 1. The molecule has 0 spiro atoms. The Bertz CT molecular complexity index is 396. The van der Waals surface area contributed by atoms with E-state index in [0.717, 1.165) is 18.3 Å². The molecule has 4 aliphatic carbocycles. The van der Waals surface area contributed by atoms with Gasteiger partial charge in [-0.3, -0.25) is 0 Å². The van der Waals surface area contributed by atoms with Crippen molar-refractivity contribution in [2.45, 2.75) is 30.8 Å². The number of fused-ring (bicyclic) bond motifs is 1. The van der Waals surface area contributed by atoms with Crippen LogP contribution in [0.5, 0.6) is 0 Å². The first-order chi connectivity index (χ1) is 6.86. The van der Waals surface area contributed by atoms with Crippen LogP contribution in [-0.2, 0) is 0 Å². The van der Waals surface area contributed by atoms with E-state index in [-0.39, 0.29) is 6.10 Å². The van der Waals surface area contributed by atoms with Crippen molar-refractivity contribution in [3.05, 3.63) is 35.4 Å². The zero-order valence-corrected chi connectivity index (χ0v) is 8.06. The highest BCUT2D eigenvalue weighted by Crippen LogP contribution is 2.66. The molecule has 14 heavy (non-hydrogen) atoms. The van der Waals surface area contributed by atoms with Crippen LogP contribution >= 0.6 is 0 Å². The standard InChI is InChI=1S/C13H14O/c14-12-6-10-7-3-1-2-4-8(7)13(12)11-5-9(10)11/h1-4,9-14H,5-6H2/t9-,10-,11+,12+,13+/m1/s1. The summed E-state index contributed by atoms with van der Waals surface area (Å²) in [5, 5.41) is 10.0. The lowest BCUT2D eigenvalue weighted by atomic mass is 9.66. The minimum atomic E-state index is -0.0568. The van der Waals surface area contributed by atoms with Gasteiger partial charge in [-0.25, -0.2) is 0 Å². The largest absolute Gasteiger partial charge is 0.392 e. The average Bonchev–Trinajstić information content (AvgIpc) is 2.98. The van der Waals surface area contributed by atoms with E-state index in [9.17, 15) is 5.11 Å². The molecular weight excluding hydrogens is 172 g/mol. The van der Waals surface area contributed by atoms with Crippen molar-refractivity contribution in [3.8, 4) is 0 Å². The quantitative estimate of drug-likeness (QED) is 0.659. The van der Waals surface area contributed by atoms with Crippen molar-refractivity contribution in [1.82, 2.24) is 0 Å². The van der Waals surface area contributed by atoms with Gasteiger partial charge in [-0.2, -0.15) is 0 Å². The van der Waals surface area contributed by atoms with E-state index in [1.165, 1.54) is 12.0 Å². The molecule has 0 amide bonds. The molecule has 0 radical (unpaired) electrons. The second-order valence-electron chi connectivity index (χ2n) is 5.13. The van der Waals surface area contributed by atoms with Gasteiger partial charge in [0.15, 0.2) is 0 Å². The summed E-state index contributed by atoms with van der Waals surface area (Å²) >= 11 is 0. The van der Waals surface area contributed by atoms with Crippen molar-refractivity contribution in [1.29, 1.82) is 0 Å². The monoisotopic (exact) mass is 186 g/mol. The van der Waals surface area contributed by atoms with Gasteiger partial charge >= 0.3 is 0 Å². The van der Waals surface area contributed by atoms with Gasteiger partial charge in [0.25, 0.3) is 0 Å². The molecule has 72 valence electrons. The van der Waals surface area contributed by atoms with E-state index in [1.54, 1.807) is 5.56 Å². The number of benzene rings is 1. The molecule has 5 atom stereocenters. The van der Waals surface area contributed by atoms with Crippen LogP contribution < -0.4 is 0 Å². The van der Waals surface area contributed by atoms with Gasteiger partial charge in [-0.1, -0.05) is 24.3 Å². The van der Waals surface area contributed by atoms with E-state index in [2.05, 4.69) is 24.3 Å². The van der Waals surface area contributed by atoms with Crippen LogP contribution in [0.2, 0.25) is 0 Å². The highest BCUT2D eigenvalue weighted by Gasteiger charge is 2.58. The minimum Gasteiger partial charge on any atom is -0.392 e. The summed E-state index contributed by atoms with van der Waals surface area (Å²) in [5.74, 6) is 2.88. The smallest absolute Gasteiger partial charge is 0.0617 e. The first-order valence-corrected chi connectivity index (χ1v) is 5.63. The first kappa shape index (κ1) is 7.47. The summed E-state index contributed by atoms with van der Waals surface area (Å²) in [7, 11) is 0. The lowest BCUT2D eigenvalue weighted by Crippen LogP contribution is -2.35. The summed E-state index contributed by atoms with van der Waals surface area (Å²) in [6.45, 7) is 0. The van der Waals surface area contributed by atoms with Crippen LogP contribution in [-0.4, -0.2) is 11.2 Å². The Morgan fingerprint density at radius 2 is 1.79 bits per heavy atom. The van der Waals surface area contributed by atoms with Gasteiger partial charge in [0.1, 0.15) is 0 Å². The average molecular weight is 186 g/mol. The summed E-state index contributed by atoms with van der Waals surface area (Å²) in [6.07, 6.45) is 2.32. The van der Waals surface area contributed by atoms with Crippen LogP contribution in [0.4, 0.5) is 0 Å². The zero-order valence-electron chi connectivity index (χ0n) is 8.06. The van der Waals surface area contributed by atoms with Gasteiger partial charge in [0.2, 0.25) is 0 Å². The van der Waals surface area contributed by atoms with Crippen LogP contribution in [0.15, 0.2) is 24.3 Å². The van der Waals surface area contributed by atoms with E-state index in [0.29, 0.717) is 11.8 Å². The molecule has 1 nitrogen and oxygen atoms in total. The van der Waals surface area contributed by atoms with E-state index < -0.39 is 0 Å². The topological polar surface area (TPSA) is 20.2 Å². The predicted octanol–water partition coefficient (Wildman–Crippen LogP) is 2.27. The Labute approximate surface area is 83.8 Å². The Morgan fingerprint density at radius 3 is 2.64 bits per heavy atom. The third-order valence-electron chi connectivity index (χ3n) is 4.53. The SMILES string of the molecule is O[C@H]1C[C@@H]2c3ccccc3[C@H]1[C@H]1C[C@@H]12. The van der Waals surface area contributed by atoms with E-state index in [1.807, 2.05) is 0 Å². The highest BCUT2D eigenvalue weighted by molar-refractivity contribution is 5.44. The molecule has 0 heterocycles. The summed E-state index contributed by atoms with van der Waals surface area (Å²) < 4.78 is 0. The van der Waals surface area contributed by atoms with Crippen LogP contribution in [0.3, 0.4) is 0 Å². The summed E-state index contributed by atoms with van der Waals surface area (Å²) in [6, 6.07) is 8.75. The third kappa shape index (κ3) is 0.718. The molecule has 2 saturated carbocycles. The van der Waals surface area contributed by atoms with E-state index in [4.69, 9.17) is 0 Å². The Hall–Kier alpha value is -0.820. The fourth-order valence-corrected chi connectivity index (χ4v) is 3.93. The van der Waals surface area contributed by atoms with Crippen molar-refractivity contribution in [2.24, 2.45) is 11.8 Å². The molecule has 0 saturated heterocycles. The molecule has 1 aromatic carbocycles. The highest BCUT2D eigenvalue weighted by atomic mass is 16.3. The molecule has 4 aliphatic rings. The number of hydrogen-bond acceptors (Lipinski definition) is 1. The lowest BCUT2D eigenvalue weighted by Gasteiger charge is -2.41. The summed E-state index contributed by atoms with van der Waals surface area (Å²) in [4.78, 5) is 0. The van der Waals surface area contributed by atoms with Crippen LogP contribution in [0.1, 0.15) is 35.8 Å². The minimum absolute atomic E-state index is 0.0568. The fourth-order valence-electron chi connectivity index (χ4n) is 3.93. The van der Waals surface area contributed by atoms with E-state index >= 15 is 0 Å². The number of hydrogen-bond donors (Lipinski definition) is 1. The normalized spacial score (nSPS) is 47.1. The van der Waals surface area contributed by atoms with Crippen molar-refractivity contribution >= 4 is 0 Å². The maximum atomic E-state index is 10.0. The van der Waals surface area contributed by atoms with Gasteiger partial charge in [-0.15, -0.1) is 0 Å². The molecule has 0 aliphatic heterocycles. The molecule has 1 N–H and O–H groups in total. The molecule has 1 aromatic rings. The second kappa shape index (κ2) is 2.22. The third-order valence-corrected chi connectivity index (χ3v) is 4.53.